The van der Waals surface area contributed by atoms with Gasteiger partial charge in [0.05, 0.1) is 28.8 Å². The molecule has 0 saturated carbocycles. The Hall–Kier alpha value is -1.60. The van der Waals surface area contributed by atoms with Gasteiger partial charge in [-0.15, -0.1) is 11.8 Å². The Balaban J connectivity index is 1.61. The first-order valence-corrected chi connectivity index (χ1v) is 11.7. The number of amides is 1. The highest BCUT2D eigenvalue weighted by Crippen LogP contribution is 2.33. The van der Waals surface area contributed by atoms with Crippen LogP contribution < -0.4 is 4.90 Å². The quantitative estimate of drug-likeness (QED) is 0.487. The maximum absolute atomic E-state index is 13.2. The lowest BCUT2D eigenvalue weighted by Gasteiger charge is -2.23. The van der Waals surface area contributed by atoms with Gasteiger partial charge in [-0.2, -0.15) is 0 Å². The van der Waals surface area contributed by atoms with E-state index in [2.05, 4.69) is 17.1 Å². The number of anilines is 1. The molecule has 1 aliphatic rings. The first-order chi connectivity index (χ1) is 13.6. The summed E-state index contributed by atoms with van der Waals surface area (Å²) in [6.07, 6.45) is 4.45. The number of carbonyl (C=O) groups excluding carboxylic acids is 1. The number of para-hydroxylation sites is 1. The predicted octanol–water partition coefficient (Wildman–Crippen LogP) is 5.43. The van der Waals surface area contributed by atoms with E-state index in [1.54, 1.807) is 16.7 Å². The molecule has 3 aromatic rings. The van der Waals surface area contributed by atoms with E-state index in [4.69, 9.17) is 16.3 Å². The number of carbonyl (C=O) groups is 1. The van der Waals surface area contributed by atoms with Gasteiger partial charge in [-0.1, -0.05) is 41.1 Å². The predicted molar refractivity (Wildman–Crippen MR) is 118 cm³/mol. The molecule has 1 saturated heterocycles. The van der Waals surface area contributed by atoms with Gasteiger partial charge in [0.2, 0.25) is 5.91 Å². The number of thioether (sulfide) groups is 1. The molecule has 1 aliphatic heterocycles. The summed E-state index contributed by atoms with van der Waals surface area (Å²) in [6.45, 7) is 1.29. The average Bonchev–Trinajstić information content (AvgIpc) is 3.37. The van der Waals surface area contributed by atoms with Crippen LogP contribution in [0.25, 0.3) is 10.2 Å². The lowest BCUT2D eigenvalue weighted by atomic mass is 10.1. The lowest BCUT2D eigenvalue weighted by molar-refractivity contribution is -0.118. The number of fused-ring (bicyclic) bond motifs is 1. The number of benzene rings is 2. The summed E-state index contributed by atoms with van der Waals surface area (Å²) >= 11 is 9.49. The molecule has 0 bridgehead atoms. The topological polar surface area (TPSA) is 42.4 Å². The summed E-state index contributed by atoms with van der Waals surface area (Å²) < 4.78 is 6.77. The first-order valence-electron chi connectivity index (χ1n) is 9.24. The number of aromatic nitrogens is 1. The summed E-state index contributed by atoms with van der Waals surface area (Å²) in [5, 5.41) is 1.29. The third-order valence-electron chi connectivity index (χ3n) is 4.82. The van der Waals surface area contributed by atoms with Crippen molar-refractivity contribution >= 4 is 56.0 Å². The largest absolute Gasteiger partial charge is 0.376 e. The van der Waals surface area contributed by atoms with Crippen LogP contribution in [-0.2, 0) is 16.0 Å². The molecule has 4 rings (SSSR count). The summed E-state index contributed by atoms with van der Waals surface area (Å²) in [4.78, 5) is 20.9. The number of thiazole rings is 1. The van der Waals surface area contributed by atoms with Crippen molar-refractivity contribution in [2.75, 3.05) is 24.3 Å². The zero-order valence-electron chi connectivity index (χ0n) is 15.6. The second kappa shape index (κ2) is 8.82. The highest BCUT2D eigenvalue weighted by atomic mass is 35.5. The van der Waals surface area contributed by atoms with E-state index in [0.717, 1.165) is 35.2 Å². The number of rotatable bonds is 6. The van der Waals surface area contributed by atoms with Crippen molar-refractivity contribution < 1.29 is 9.53 Å². The van der Waals surface area contributed by atoms with Crippen molar-refractivity contribution in [2.45, 2.75) is 30.3 Å². The highest BCUT2D eigenvalue weighted by Gasteiger charge is 2.26. The minimum atomic E-state index is 0.0302. The molecular formula is C21H21ClN2O2S2. The zero-order valence-corrected chi connectivity index (χ0v) is 17.9. The van der Waals surface area contributed by atoms with Crippen molar-refractivity contribution in [1.29, 1.82) is 0 Å². The second-order valence-electron chi connectivity index (χ2n) is 6.75. The van der Waals surface area contributed by atoms with Gasteiger partial charge >= 0.3 is 0 Å². The molecule has 4 nitrogen and oxygen atoms in total. The van der Waals surface area contributed by atoms with Crippen LogP contribution in [-0.4, -0.2) is 36.4 Å². The van der Waals surface area contributed by atoms with Crippen LogP contribution >= 0.6 is 34.7 Å². The molecule has 0 N–H and O–H groups in total. The molecule has 1 fully saturated rings. The average molecular weight is 433 g/mol. The maximum atomic E-state index is 13.2. The standard InChI is InChI=1S/C21H21ClN2O2S2/c1-27-16-9-7-14(8-10-16)12-19(25)24(13-15-4-3-11-26-15)21-23-20-17(22)5-2-6-18(20)28-21/h2,5-10,15H,3-4,11-13H2,1H3. The maximum Gasteiger partial charge on any atom is 0.233 e. The molecular weight excluding hydrogens is 412 g/mol. The number of hydrogen-bond donors (Lipinski definition) is 0. The first kappa shape index (κ1) is 19.7. The Bertz CT molecular complexity index is 968. The third-order valence-corrected chi connectivity index (χ3v) is 6.91. The van der Waals surface area contributed by atoms with Gasteiger partial charge in [0.15, 0.2) is 5.13 Å². The Morgan fingerprint density at radius 3 is 2.82 bits per heavy atom. The molecule has 1 atom stereocenters. The van der Waals surface area contributed by atoms with Crippen molar-refractivity contribution in [3.8, 4) is 0 Å². The zero-order chi connectivity index (χ0) is 19.5. The van der Waals surface area contributed by atoms with Crippen LogP contribution in [0.1, 0.15) is 18.4 Å². The minimum absolute atomic E-state index is 0.0302. The van der Waals surface area contributed by atoms with E-state index < -0.39 is 0 Å². The van der Waals surface area contributed by atoms with Crippen LogP contribution in [0.5, 0.6) is 0 Å². The van der Waals surface area contributed by atoms with E-state index in [1.165, 1.54) is 16.2 Å². The monoisotopic (exact) mass is 432 g/mol. The van der Waals surface area contributed by atoms with Crippen LogP contribution in [0.2, 0.25) is 5.02 Å². The van der Waals surface area contributed by atoms with Crippen LogP contribution in [0, 0.1) is 0 Å². The van der Waals surface area contributed by atoms with Gasteiger partial charge in [-0.3, -0.25) is 9.69 Å². The van der Waals surface area contributed by atoms with Crippen LogP contribution in [0.4, 0.5) is 5.13 Å². The van der Waals surface area contributed by atoms with Gasteiger partial charge in [0.1, 0.15) is 5.52 Å². The Morgan fingerprint density at radius 1 is 1.32 bits per heavy atom. The van der Waals surface area contributed by atoms with Crippen molar-refractivity contribution in [2.24, 2.45) is 0 Å². The Kier molecular flexibility index (Phi) is 6.21. The SMILES string of the molecule is CSc1ccc(CC(=O)N(CC2CCCO2)c2nc3c(Cl)cccc3s2)cc1. The Morgan fingerprint density at radius 2 is 2.14 bits per heavy atom. The molecule has 0 aliphatic carbocycles. The normalized spacial score (nSPS) is 16.6. The van der Waals surface area contributed by atoms with Crippen molar-refractivity contribution in [3.05, 3.63) is 53.1 Å². The molecule has 28 heavy (non-hydrogen) atoms. The lowest BCUT2D eigenvalue weighted by Crippen LogP contribution is -2.38. The van der Waals surface area contributed by atoms with Crippen molar-refractivity contribution in [3.63, 3.8) is 0 Å². The fourth-order valence-electron chi connectivity index (χ4n) is 3.31. The third kappa shape index (κ3) is 4.35. The molecule has 146 valence electrons. The van der Waals surface area contributed by atoms with Crippen molar-refractivity contribution in [1.82, 2.24) is 4.98 Å². The fourth-order valence-corrected chi connectivity index (χ4v) is 5.01. The van der Waals surface area contributed by atoms with E-state index in [1.807, 2.05) is 36.6 Å². The molecule has 2 heterocycles. The summed E-state index contributed by atoms with van der Waals surface area (Å²) in [5.74, 6) is 0.0302. The van der Waals surface area contributed by atoms with Gasteiger partial charge in [-0.05, 0) is 48.9 Å². The molecule has 1 amide bonds. The van der Waals surface area contributed by atoms with Crippen LogP contribution in [0.3, 0.4) is 0 Å². The fraction of sp³-hybridized carbons (Fsp3) is 0.333. The smallest absolute Gasteiger partial charge is 0.233 e. The number of hydrogen-bond acceptors (Lipinski definition) is 5. The minimum Gasteiger partial charge on any atom is -0.376 e. The molecule has 0 spiro atoms. The van der Waals surface area contributed by atoms with Gasteiger partial charge in [0, 0.05) is 11.5 Å². The number of halogens is 1. The molecule has 2 aromatic carbocycles. The summed E-state index contributed by atoms with van der Waals surface area (Å²) in [5.41, 5.74) is 1.75. The molecule has 7 heteroatoms. The molecule has 1 unspecified atom stereocenters. The van der Waals surface area contributed by atoms with E-state index in [0.29, 0.717) is 23.1 Å². The Labute approximate surface area is 177 Å². The van der Waals surface area contributed by atoms with Gasteiger partial charge in [0.25, 0.3) is 0 Å². The molecule has 0 radical (unpaired) electrons. The summed E-state index contributed by atoms with van der Waals surface area (Å²) in [6, 6.07) is 13.9. The van der Waals surface area contributed by atoms with Gasteiger partial charge in [-0.25, -0.2) is 4.98 Å². The van der Waals surface area contributed by atoms with E-state index >= 15 is 0 Å². The van der Waals surface area contributed by atoms with E-state index in [9.17, 15) is 4.79 Å². The van der Waals surface area contributed by atoms with Crippen LogP contribution in [0.15, 0.2) is 47.4 Å². The summed E-state index contributed by atoms with van der Waals surface area (Å²) in [7, 11) is 0. The second-order valence-corrected chi connectivity index (χ2v) is 9.04. The number of nitrogens with zero attached hydrogens (tertiary/aromatic N) is 2. The highest BCUT2D eigenvalue weighted by molar-refractivity contribution is 7.98. The molecule has 1 aromatic heterocycles. The van der Waals surface area contributed by atoms with Gasteiger partial charge < -0.3 is 4.74 Å². The van der Waals surface area contributed by atoms with E-state index in [-0.39, 0.29) is 12.0 Å². The number of ether oxygens (including phenoxy) is 1.